The summed E-state index contributed by atoms with van der Waals surface area (Å²) in [7, 11) is 0. The van der Waals surface area contributed by atoms with Crippen molar-refractivity contribution in [2.75, 3.05) is 0 Å². The van der Waals surface area contributed by atoms with Crippen molar-refractivity contribution < 1.29 is 5.11 Å². The van der Waals surface area contributed by atoms with E-state index in [4.69, 9.17) is 5.73 Å². The normalized spacial score (nSPS) is 26.5. The van der Waals surface area contributed by atoms with Gasteiger partial charge in [0, 0.05) is 6.54 Å². The second-order valence-electron chi connectivity index (χ2n) is 4.46. The van der Waals surface area contributed by atoms with Gasteiger partial charge in [-0.25, -0.2) is 0 Å². The van der Waals surface area contributed by atoms with Gasteiger partial charge < -0.3 is 10.8 Å². The highest BCUT2D eigenvalue weighted by molar-refractivity contribution is 5.25. The molecular weight excluding hydrogens is 186 g/mol. The molecule has 1 aliphatic rings. The second kappa shape index (κ2) is 4.77. The molecular formula is C13H19NO. The average molecular weight is 205 g/mol. The summed E-state index contributed by atoms with van der Waals surface area (Å²) in [6.45, 7) is 0.605. The Hall–Kier alpha value is -0.860. The van der Waals surface area contributed by atoms with Crippen LogP contribution in [-0.4, -0.2) is 11.2 Å². The summed E-state index contributed by atoms with van der Waals surface area (Å²) in [6, 6.07) is 8.50. The lowest BCUT2D eigenvalue weighted by Gasteiger charge is -2.26. The topological polar surface area (TPSA) is 46.2 Å². The van der Waals surface area contributed by atoms with Crippen molar-refractivity contribution in [1.29, 1.82) is 0 Å². The van der Waals surface area contributed by atoms with Gasteiger partial charge in [-0.15, -0.1) is 0 Å². The molecule has 0 amide bonds. The van der Waals surface area contributed by atoms with Gasteiger partial charge in [0.05, 0.1) is 6.10 Å². The molecule has 1 aromatic carbocycles. The maximum Gasteiger partial charge on any atom is 0.0546 e. The lowest BCUT2D eigenvalue weighted by molar-refractivity contribution is 0.119. The molecule has 1 aliphatic carbocycles. The fourth-order valence-corrected chi connectivity index (χ4v) is 2.39. The smallest absolute Gasteiger partial charge is 0.0546 e. The van der Waals surface area contributed by atoms with Crippen molar-refractivity contribution in [1.82, 2.24) is 0 Å². The zero-order chi connectivity index (χ0) is 10.7. The Bertz CT molecular complexity index is 307. The van der Waals surface area contributed by atoms with Gasteiger partial charge in [0.1, 0.15) is 0 Å². The van der Waals surface area contributed by atoms with Crippen molar-refractivity contribution in [3.05, 3.63) is 35.4 Å². The fourth-order valence-electron chi connectivity index (χ4n) is 2.39. The van der Waals surface area contributed by atoms with Crippen LogP contribution in [0.25, 0.3) is 0 Å². The molecule has 3 N–H and O–H groups in total. The van der Waals surface area contributed by atoms with Crippen LogP contribution in [0.3, 0.4) is 0 Å². The lowest BCUT2D eigenvalue weighted by atomic mass is 9.82. The van der Waals surface area contributed by atoms with Gasteiger partial charge in [-0.05, 0) is 36.3 Å². The summed E-state index contributed by atoms with van der Waals surface area (Å²) < 4.78 is 0. The largest absolute Gasteiger partial charge is 0.393 e. The molecule has 1 fully saturated rings. The molecule has 2 unspecified atom stereocenters. The molecule has 1 saturated carbocycles. The van der Waals surface area contributed by atoms with Crippen LogP contribution in [0, 0.1) is 0 Å². The molecule has 2 nitrogen and oxygen atoms in total. The Morgan fingerprint density at radius 2 is 1.93 bits per heavy atom. The van der Waals surface area contributed by atoms with Crippen LogP contribution >= 0.6 is 0 Å². The van der Waals surface area contributed by atoms with E-state index in [1.54, 1.807) is 0 Å². The fraction of sp³-hybridized carbons (Fsp3) is 0.538. The first-order valence-corrected chi connectivity index (χ1v) is 5.76. The van der Waals surface area contributed by atoms with E-state index in [2.05, 4.69) is 24.3 Å². The summed E-state index contributed by atoms with van der Waals surface area (Å²) >= 11 is 0. The highest BCUT2D eigenvalue weighted by Crippen LogP contribution is 2.32. The standard InChI is InChI=1S/C13H19NO/c14-9-10-4-6-11(7-5-10)12-2-1-3-13(15)8-12/h4-7,12-13,15H,1-3,8-9,14H2. The summed E-state index contributed by atoms with van der Waals surface area (Å²) in [5, 5.41) is 9.62. The van der Waals surface area contributed by atoms with Gasteiger partial charge in [0.15, 0.2) is 0 Å². The predicted octanol–water partition coefficient (Wildman–Crippen LogP) is 2.16. The Morgan fingerprint density at radius 1 is 1.20 bits per heavy atom. The van der Waals surface area contributed by atoms with Crippen molar-refractivity contribution in [2.24, 2.45) is 5.73 Å². The van der Waals surface area contributed by atoms with Crippen LogP contribution in [0.5, 0.6) is 0 Å². The van der Waals surface area contributed by atoms with Gasteiger partial charge >= 0.3 is 0 Å². The Kier molecular flexibility index (Phi) is 3.39. The van der Waals surface area contributed by atoms with Crippen LogP contribution in [0.15, 0.2) is 24.3 Å². The van der Waals surface area contributed by atoms with E-state index in [0.29, 0.717) is 12.5 Å². The Balaban J connectivity index is 2.07. The molecule has 2 rings (SSSR count). The van der Waals surface area contributed by atoms with Gasteiger partial charge in [-0.1, -0.05) is 30.7 Å². The Morgan fingerprint density at radius 3 is 2.53 bits per heavy atom. The molecule has 0 radical (unpaired) electrons. The van der Waals surface area contributed by atoms with E-state index in [9.17, 15) is 5.11 Å². The summed E-state index contributed by atoms with van der Waals surface area (Å²) in [5.41, 5.74) is 8.09. The molecule has 0 aliphatic heterocycles. The molecule has 0 heterocycles. The zero-order valence-electron chi connectivity index (χ0n) is 9.02. The Labute approximate surface area is 91.1 Å². The first-order chi connectivity index (χ1) is 7.29. The first-order valence-electron chi connectivity index (χ1n) is 5.76. The number of aliphatic hydroxyl groups is 1. The monoisotopic (exact) mass is 205 g/mol. The van der Waals surface area contributed by atoms with E-state index in [-0.39, 0.29) is 6.10 Å². The maximum atomic E-state index is 9.62. The highest BCUT2D eigenvalue weighted by atomic mass is 16.3. The van der Waals surface area contributed by atoms with E-state index >= 15 is 0 Å². The minimum absolute atomic E-state index is 0.0991. The highest BCUT2D eigenvalue weighted by Gasteiger charge is 2.21. The minimum atomic E-state index is -0.0991. The molecule has 0 bridgehead atoms. The van der Waals surface area contributed by atoms with Crippen molar-refractivity contribution >= 4 is 0 Å². The van der Waals surface area contributed by atoms with Crippen molar-refractivity contribution in [2.45, 2.75) is 44.2 Å². The number of rotatable bonds is 2. The van der Waals surface area contributed by atoms with Gasteiger partial charge in [0.2, 0.25) is 0 Å². The third-order valence-electron chi connectivity index (χ3n) is 3.33. The second-order valence-corrected chi connectivity index (χ2v) is 4.46. The number of hydrogen-bond donors (Lipinski definition) is 2. The molecule has 0 saturated heterocycles. The number of nitrogens with two attached hydrogens (primary N) is 1. The van der Waals surface area contributed by atoms with Crippen LogP contribution < -0.4 is 5.73 Å². The first kappa shape index (κ1) is 10.7. The van der Waals surface area contributed by atoms with E-state index in [0.717, 1.165) is 19.3 Å². The summed E-state index contributed by atoms with van der Waals surface area (Å²) in [6.07, 6.45) is 4.14. The van der Waals surface area contributed by atoms with Crippen molar-refractivity contribution in [3.63, 3.8) is 0 Å². The molecule has 2 heteroatoms. The van der Waals surface area contributed by atoms with Crippen LogP contribution in [-0.2, 0) is 6.54 Å². The summed E-state index contributed by atoms with van der Waals surface area (Å²) in [5.74, 6) is 0.542. The molecule has 2 atom stereocenters. The third kappa shape index (κ3) is 2.58. The zero-order valence-corrected chi connectivity index (χ0v) is 9.02. The van der Waals surface area contributed by atoms with E-state index in [1.165, 1.54) is 17.5 Å². The quantitative estimate of drug-likeness (QED) is 0.777. The maximum absolute atomic E-state index is 9.62. The van der Waals surface area contributed by atoms with Crippen LogP contribution in [0.1, 0.15) is 42.7 Å². The number of aliphatic hydroxyl groups excluding tert-OH is 1. The molecule has 0 aromatic heterocycles. The van der Waals surface area contributed by atoms with Crippen molar-refractivity contribution in [3.8, 4) is 0 Å². The number of hydrogen-bond acceptors (Lipinski definition) is 2. The van der Waals surface area contributed by atoms with Crippen LogP contribution in [0.2, 0.25) is 0 Å². The van der Waals surface area contributed by atoms with Gasteiger partial charge in [-0.3, -0.25) is 0 Å². The molecule has 1 aromatic rings. The minimum Gasteiger partial charge on any atom is -0.393 e. The lowest BCUT2D eigenvalue weighted by Crippen LogP contribution is -2.18. The average Bonchev–Trinajstić information content (AvgIpc) is 2.29. The van der Waals surface area contributed by atoms with Gasteiger partial charge in [-0.2, -0.15) is 0 Å². The van der Waals surface area contributed by atoms with E-state index in [1.807, 2.05) is 0 Å². The summed E-state index contributed by atoms with van der Waals surface area (Å²) in [4.78, 5) is 0. The number of benzene rings is 1. The molecule has 82 valence electrons. The molecule has 0 spiro atoms. The third-order valence-corrected chi connectivity index (χ3v) is 3.33. The SMILES string of the molecule is NCc1ccc(C2CCCC(O)C2)cc1. The van der Waals surface area contributed by atoms with Crippen LogP contribution in [0.4, 0.5) is 0 Å². The van der Waals surface area contributed by atoms with Gasteiger partial charge in [0.25, 0.3) is 0 Å². The van der Waals surface area contributed by atoms with E-state index < -0.39 is 0 Å². The predicted molar refractivity (Wildman–Crippen MR) is 61.5 cm³/mol. The molecule has 15 heavy (non-hydrogen) atoms.